The zero-order valence-electron chi connectivity index (χ0n) is 27.4. The highest BCUT2D eigenvalue weighted by atomic mass is 32.2. The van der Waals surface area contributed by atoms with Crippen molar-refractivity contribution >= 4 is 52.7 Å². The van der Waals surface area contributed by atoms with Crippen LogP contribution in [0.5, 0.6) is 0 Å². The van der Waals surface area contributed by atoms with E-state index in [0.717, 1.165) is 26.5 Å². The third-order valence-electron chi connectivity index (χ3n) is 7.44. The fraction of sp³-hybridized carbons (Fsp3) is 0.382. The number of aryl methyl sites for hydroxylation is 1. The van der Waals surface area contributed by atoms with E-state index in [2.05, 4.69) is 4.18 Å². The maximum atomic E-state index is 13.6. The van der Waals surface area contributed by atoms with Gasteiger partial charge in [0.2, 0.25) is 5.43 Å². The summed E-state index contributed by atoms with van der Waals surface area (Å²) in [5, 5.41) is 1.06. The average Bonchev–Trinajstić information content (AvgIpc) is 4.05. The second kappa shape index (κ2) is 16.6. The van der Waals surface area contributed by atoms with Crippen LogP contribution in [0.15, 0.2) is 65.5 Å². The van der Waals surface area contributed by atoms with Gasteiger partial charge in [0.1, 0.15) is 25.4 Å². The van der Waals surface area contributed by atoms with Gasteiger partial charge in [0, 0.05) is 16.5 Å². The van der Waals surface area contributed by atoms with Gasteiger partial charge < -0.3 is 28.4 Å². The molecule has 2 aliphatic heterocycles. The van der Waals surface area contributed by atoms with Crippen LogP contribution in [0, 0.1) is 6.92 Å². The molecule has 2 aliphatic rings. The van der Waals surface area contributed by atoms with Crippen LogP contribution < -0.4 is 5.43 Å². The Labute approximate surface area is 293 Å². The number of hydrogen-bond donors (Lipinski definition) is 0. The van der Waals surface area contributed by atoms with E-state index in [-0.39, 0.29) is 37.5 Å². The van der Waals surface area contributed by atoms with E-state index in [4.69, 9.17) is 28.4 Å². The van der Waals surface area contributed by atoms with Gasteiger partial charge in [-0.05, 0) is 61.0 Å². The van der Waals surface area contributed by atoms with Crippen molar-refractivity contribution in [3.05, 3.63) is 87.6 Å². The Balaban J connectivity index is 0.000000496. The Hall–Kier alpha value is -3.97. The molecule has 2 fully saturated rings. The lowest BCUT2D eigenvalue weighted by Crippen LogP contribution is -2.23. The normalized spacial score (nSPS) is 17.1. The molecule has 0 bridgehead atoms. The average molecular weight is 756 g/mol. The summed E-state index contributed by atoms with van der Waals surface area (Å²) in [4.78, 5) is 39.9. The zero-order valence-corrected chi connectivity index (χ0v) is 29.1. The molecule has 3 atom stereocenters. The van der Waals surface area contributed by atoms with E-state index in [9.17, 15) is 36.0 Å². The lowest BCUT2D eigenvalue weighted by molar-refractivity contribution is -0.0526. The fourth-order valence-electron chi connectivity index (χ4n) is 4.65. The predicted molar refractivity (Wildman–Crippen MR) is 180 cm³/mol. The quantitative estimate of drug-likeness (QED) is 0.0322. The van der Waals surface area contributed by atoms with Gasteiger partial charge in [0.05, 0.1) is 68.7 Å². The molecule has 3 heterocycles. The van der Waals surface area contributed by atoms with Crippen molar-refractivity contribution in [3.63, 3.8) is 0 Å². The molecule has 3 aromatic carbocycles. The number of esters is 2. The van der Waals surface area contributed by atoms with Gasteiger partial charge in [-0.15, -0.1) is 0 Å². The maximum absolute atomic E-state index is 13.6. The molecular weight excluding hydrogens is 721 g/mol. The SMILES string of the molecule is COS(=O)(=O)C(F)(F)F.Cc1ccc2c(=O)c3cc(C(=O)OCCOCC4CO4)ccc3[s+](-c3ccc(C(=O)OCCOCC4CO4)cc3)c2c1. The fourth-order valence-corrected chi connectivity index (χ4v) is 7.25. The first-order valence-corrected chi connectivity index (χ1v) is 18.2. The number of ether oxygens (including phenoxy) is 6. The second-order valence-electron chi connectivity index (χ2n) is 11.3. The molecule has 51 heavy (non-hydrogen) atoms. The van der Waals surface area contributed by atoms with Gasteiger partial charge in [-0.2, -0.15) is 21.6 Å². The summed E-state index contributed by atoms with van der Waals surface area (Å²) in [7, 11) is -5.52. The molecule has 0 radical (unpaired) electrons. The van der Waals surface area contributed by atoms with Crippen molar-refractivity contribution < 1.29 is 63.8 Å². The first-order valence-electron chi connectivity index (χ1n) is 15.5. The molecule has 0 N–H and O–H groups in total. The lowest BCUT2D eigenvalue weighted by atomic mass is 10.1. The van der Waals surface area contributed by atoms with Crippen LogP contribution in [-0.2, 0) is 42.7 Å². The molecule has 274 valence electrons. The third kappa shape index (κ3) is 10.1. The summed E-state index contributed by atoms with van der Waals surface area (Å²) in [5.74, 6) is -0.943. The second-order valence-corrected chi connectivity index (χ2v) is 14.9. The summed E-state index contributed by atoms with van der Waals surface area (Å²) < 4.78 is 89.3. The van der Waals surface area contributed by atoms with Crippen LogP contribution in [0.25, 0.3) is 25.1 Å². The summed E-state index contributed by atoms with van der Waals surface area (Å²) >= 11 is 0. The van der Waals surface area contributed by atoms with Crippen LogP contribution in [0.1, 0.15) is 26.3 Å². The minimum absolute atomic E-state index is 0.111. The number of epoxide rings is 2. The van der Waals surface area contributed by atoms with E-state index < -0.39 is 38.0 Å². The van der Waals surface area contributed by atoms with Crippen LogP contribution in [0.2, 0.25) is 0 Å². The molecule has 17 heteroatoms. The number of fused-ring (bicyclic) bond motifs is 2. The molecule has 4 aromatic rings. The Morgan fingerprint density at radius 2 is 1.33 bits per heavy atom. The first kappa shape index (κ1) is 38.3. The van der Waals surface area contributed by atoms with Crippen LogP contribution in [0.4, 0.5) is 13.2 Å². The molecule has 12 nitrogen and oxygen atoms in total. The summed E-state index contributed by atoms with van der Waals surface area (Å²) in [6.07, 6.45) is 0.316. The molecule has 3 unspecified atom stereocenters. The Morgan fingerprint density at radius 1 is 0.784 bits per heavy atom. The number of carbonyl (C=O) groups is 2. The zero-order chi connectivity index (χ0) is 36.8. The molecule has 0 aliphatic carbocycles. The largest absolute Gasteiger partial charge is 0.523 e. The van der Waals surface area contributed by atoms with Crippen LogP contribution >= 0.6 is 10.5 Å². The van der Waals surface area contributed by atoms with Gasteiger partial charge >= 0.3 is 27.6 Å². The molecule has 0 saturated carbocycles. The first-order chi connectivity index (χ1) is 24.3. The molecular formula is C34H34F3O12S2+. The third-order valence-corrected chi connectivity index (χ3v) is 10.8. The van der Waals surface area contributed by atoms with Crippen molar-refractivity contribution in [2.45, 2.75) is 24.6 Å². The van der Waals surface area contributed by atoms with E-state index in [1.54, 1.807) is 24.3 Å². The number of carbonyl (C=O) groups excluding carboxylic acids is 2. The molecule has 0 amide bonds. The van der Waals surface area contributed by atoms with Crippen LogP contribution in [-0.4, -0.2) is 98.0 Å². The van der Waals surface area contributed by atoms with E-state index >= 15 is 0 Å². The van der Waals surface area contributed by atoms with E-state index in [0.29, 0.717) is 55.4 Å². The van der Waals surface area contributed by atoms with E-state index in [1.807, 2.05) is 43.3 Å². The predicted octanol–water partition coefficient (Wildman–Crippen LogP) is 5.03. The van der Waals surface area contributed by atoms with E-state index in [1.165, 1.54) is 0 Å². The van der Waals surface area contributed by atoms with Crippen molar-refractivity contribution in [3.8, 4) is 4.90 Å². The minimum atomic E-state index is -5.34. The van der Waals surface area contributed by atoms with Crippen molar-refractivity contribution in [2.75, 3.05) is 60.0 Å². The van der Waals surface area contributed by atoms with Gasteiger partial charge in [0.25, 0.3) is 0 Å². The monoisotopic (exact) mass is 755 g/mol. The molecule has 6 rings (SSSR count). The maximum Gasteiger partial charge on any atom is 0.523 e. The summed E-state index contributed by atoms with van der Waals surface area (Å²) in [6, 6.07) is 18.2. The standard InChI is InChI=1S/C32H31O9S.C2H3F3O3S/c1-20-2-8-26-29(14-20)42(25-6-3-21(4-7-25)31(34)38-12-10-36-16-23-18-40-23)28-9-5-22(15-27(28)30(26)33)32(35)39-13-11-37-17-24-19-41-24;1-8-9(6,7)2(3,4)5/h2-9,14-15,23-24H,10-13,16-19H2,1H3;1H3/q+1;. The Morgan fingerprint density at radius 3 is 1.84 bits per heavy atom. The molecule has 1 aromatic heterocycles. The summed E-state index contributed by atoms with van der Waals surface area (Å²) in [5.41, 5.74) is -3.67. The van der Waals surface area contributed by atoms with Crippen molar-refractivity contribution in [2.24, 2.45) is 0 Å². The summed E-state index contributed by atoms with van der Waals surface area (Å²) in [6.45, 7) is 5.27. The topological polar surface area (TPSA) is 157 Å². The highest BCUT2D eigenvalue weighted by Gasteiger charge is 2.46. The van der Waals surface area contributed by atoms with Gasteiger partial charge in [-0.3, -0.25) is 8.98 Å². The van der Waals surface area contributed by atoms with Crippen LogP contribution in [0.3, 0.4) is 0 Å². The van der Waals surface area contributed by atoms with Gasteiger partial charge in [0.15, 0.2) is 14.3 Å². The van der Waals surface area contributed by atoms with Crippen molar-refractivity contribution in [1.29, 1.82) is 0 Å². The number of alkyl halides is 3. The highest BCUT2D eigenvalue weighted by molar-refractivity contribution is 7.87. The Kier molecular flexibility index (Phi) is 12.4. The lowest BCUT2D eigenvalue weighted by Gasteiger charge is -2.08. The number of hydrogen-bond acceptors (Lipinski definition) is 12. The van der Waals surface area contributed by atoms with Crippen molar-refractivity contribution in [1.82, 2.24) is 0 Å². The number of benzene rings is 3. The minimum Gasteiger partial charge on any atom is -0.460 e. The smallest absolute Gasteiger partial charge is 0.460 e. The number of halogens is 3. The molecule has 0 spiro atoms. The van der Waals surface area contributed by atoms with Gasteiger partial charge in [-0.1, -0.05) is 6.07 Å². The molecule has 2 saturated heterocycles. The Bertz CT molecular complexity index is 2040. The van der Waals surface area contributed by atoms with Gasteiger partial charge in [-0.25, -0.2) is 9.59 Å². The number of rotatable bonds is 14. The highest BCUT2D eigenvalue weighted by Crippen LogP contribution is 2.43.